The Morgan fingerprint density at radius 3 is 2.44 bits per heavy atom. The lowest BCUT2D eigenvalue weighted by atomic mass is 10.00. The minimum Gasteiger partial charge on any atom is -0.507 e. The highest BCUT2D eigenvalue weighted by atomic mass is 16.3. The van der Waals surface area contributed by atoms with Crippen LogP contribution in [0.25, 0.3) is 10.8 Å². The molecule has 2 aromatic carbocycles. The number of hydrogen-bond donors (Lipinski definition) is 2. The van der Waals surface area contributed by atoms with Crippen LogP contribution in [0.5, 0.6) is 5.75 Å². The first-order valence-corrected chi connectivity index (χ1v) is 6.60. The number of phenols is 1. The van der Waals surface area contributed by atoms with Gasteiger partial charge in [-0.3, -0.25) is 0 Å². The summed E-state index contributed by atoms with van der Waals surface area (Å²) in [7, 11) is 0. The van der Waals surface area contributed by atoms with E-state index in [1.807, 2.05) is 24.3 Å². The average molecular weight is 243 g/mol. The van der Waals surface area contributed by atoms with Crippen molar-refractivity contribution in [2.75, 3.05) is 5.32 Å². The van der Waals surface area contributed by atoms with Gasteiger partial charge in [-0.15, -0.1) is 0 Å². The van der Waals surface area contributed by atoms with Gasteiger partial charge in [-0.2, -0.15) is 0 Å². The molecule has 0 saturated carbocycles. The number of rotatable bonds is 4. The first kappa shape index (κ1) is 12.7. The van der Waals surface area contributed by atoms with Crippen LogP contribution in [0.4, 0.5) is 5.69 Å². The van der Waals surface area contributed by atoms with Crippen LogP contribution in [0.3, 0.4) is 0 Å². The smallest absolute Gasteiger partial charge is 0.123 e. The molecule has 96 valence electrons. The molecular formula is C16H21NO. The van der Waals surface area contributed by atoms with Crippen LogP contribution >= 0.6 is 0 Å². The average Bonchev–Trinajstić information content (AvgIpc) is 2.39. The predicted octanol–water partition coefficient (Wildman–Crippen LogP) is 4.39. The van der Waals surface area contributed by atoms with Crippen molar-refractivity contribution in [1.82, 2.24) is 0 Å². The first-order chi connectivity index (χ1) is 8.63. The van der Waals surface area contributed by atoms with Crippen molar-refractivity contribution in [2.24, 2.45) is 5.92 Å². The van der Waals surface area contributed by atoms with Crippen LogP contribution in [0.2, 0.25) is 0 Å². The maximum Gasteiger partial charge on any atom is 0.123 e. The maximum absolute atomic E-state index is 9.86. The van der Waals surface area contributed by atoms with Gasteiger partial charge in [-0.05, 0) is 25.0 Å². The van der Waals surface area contributed by atoms with Crippen molar-refractivity contribution in [3.05, 3.63) is 36.4 Å². The first-order valence-electron chi connectivity index (χ1n) is 6.60. The molecule has 0 bridgehead atoms. The third-order valence-corrected chi connectivity index (χ3v) is 3.78. The number of hydrogen-bond acceptors (Lipinski definition) is 2. The lowest BCUT2D eigenvalue weighted by molar-refractivity contribution is 0.481. The van der Waals surface area contributed by atoms with Gasteiger partial charge in [0.1, 0.15) is 5.75 Å². The van der Waals surface area contributed by atoms with Crippen LogP contribution in [-0.2, 0) is 0 Å². The van der Waals surface area contributed by atoms with E-state index in [1.54, 1.807) is 6.07 Å². The Morgan fingerprint density at radius 2 is 1.72 bits per heavy atom. The fourth-order valence-corrected chi connectivity index (χ4v) is 2.16. The fourth-order valence-electron chi connectivity index (χ4n) is 2.16. The predicted molar refractivity (Wildman–Crippen MR) is 78.2 cm³/mol. The van der Waals surface area contributed by atoms with E-state index in [9.17, 15) is 5.11 Å². The summed E-state index contributed by atoms with van der Waals surface area (Å²) in [6.45, 7) is 6.66. The Hall–Kier alpha value is -1.70. The molecule has 2 rings (SSSR count). The zero-order chi connectivity index (χ0) is 13.1. The van der Waals surface area contributed by atoms with Gasteiger partial charge in [0.2, 0.25) is 0 Å². The molecule has 0 spiro atoms. The van der Waals surface area contributed by atoms with Crippen LogP contribution < -0.4 is 5.32 Å². The molecular weight excluding hydrogens is 222 g/mol. The fraction of sp³-hybridized carbons (Fsp3) is 0.375. The van der Waals surface area contributed by atoms with E-state index < -0.39 is 0 Å². The summed E-state index contributed by atoms with van der Waals surface area (Å²) in [4.78, 5) is 0. The highest BCUT2D eigenvalue weighted by Gasteiger charge is 2.11. The maximum atomic E-state index is 9.86. The second-order valence-corrected chi connectivity index (χ2v) is 5.00. The van der Waals surface area contributed by atoms with Crippen molar-refractivity contribution in [2.45, 2.75) is 33.2 Å². The van der Waals surface area contributed by atoms with Gasteiger partial charge in [-0.25, -0.2) is 0 Å². The molecule has 2 aromatic rings. The van der Waals surface area contributed by atoms with E-state index in [2.05, 4.69) is 32.2 Å². The molecule has 0 aliphatic heterocycles. The van der Waals surface area contributed by atoms with Gasteiger partial charge in [0.15, 0.2) is 0 Å². The Labute approximate surface area is 109 Å². The van der Waals surface area contributed by atoms with Gasteiger partial charge < -0.3 is 10.4 Å². The van der Waals surface area contributed by atoms with Crippen LogP contribution in [0.1, 0.15) is 27.2 Å². The van der Waals surface area contributed by atoms with Crippen molar-refractivity contribution in [1.29, 1.82) is 0 Å². The third kappa shape index (κ3) is 2.42. The standard InChI is InChI=1S/C16H21NO/c1-4-11(2)12(3)17-15-9-5-8-14-13(15)7-6-10-16(14)18/h5-12,17-18H,4H2,1-3H3. The van der Waals surface area contributed by atoms with Crippen molar-refractivity contribution < 1.29 is 5.11 Å². The molecule has 0 saturated heterocycles. The Balaban J connectivity index is 2.37. The molecule has 0 heterocycles. The van der Waals surface area contributed by atoms with Crippen molar-refractivity contribution in [3.63, 3.8) is 0 Å². The van der Waals surface area contributed by atoms with E-state index in [1.165, 1.54) is 0 Å². The monoisotopic (exact) mass is 243 g/mol. The summed E-state index contributed by atoms with van der Waals surface area (Å²) in [5.74, 6) is 0.963. The topological polar surface area (TPSA) is 32.3 Å². The molecule has 0 amide bonds. The molecule has 2 heteroatoms. The molecule has 0 fully saturated rings. The molecule has 0 radical (unpaired) electrons. The number of aromatic hydroxyl groups is 1. The van der Waals surface area contributed by atoms with Gasteiger partial charge in [-0.1, -0.05) is 44.5 Å². The van der Waals surface area contributed by atoms with Crippen LogP contribution in [-0.4, -0.2) is 11.1 Å². The number of anilines is 1. The third-order valence-electron chi connectivity index (χ3n) is 3.78. The minimum atomic E-state index is 0.340. The minimum absolute atomic E-state index is 0.340. The highest BCUT2D eigenvalue weighted by Crippen LogP contribution is 2.30. The molecule has 0 aliphatic rings. The van der Waals surface area contributed by atoms with Crippen molar-refractivity contribution in [3.8, 4) is 5.75 Å². The van der Waals surface area contributed by atoms with E-state index >= 15 is 0 Å². The molecule has 2 nitrogen and oxygen atoms in total. The summed E-state index contributed by atoms with van der Waals surface area (Å²) >= 11 is 0. The molecule has 2 unspecified atom stereocenters. The summed E-state index contributed by atoms with van der Waals surface area (Å²) in [6.07, 6.45) is 1.16. The number of benzene rings is 2. The summed E-state index contributed by atoms with van der Waals surface area (Å²) in [5.41, 5.74) is 1.09. The number of phenolic OH excluding ortho intramolecular Hbond substituents is 1. The lowest BCUT2D eigenvalue weighted by Gasteiger charge is -2.22. The Kier molecular flexibility index (Phi) is 3.75. The molecule has 0 aliphatic carbocycles. The van der Waals surface area contributed by atoms with E-state index in [-0.39, 0.29) is 0 Å². The summed E-state index contributed by atoms with van der Waals surface area (Å²) in [6, 6.07) is 12.1. The van der Waals surface area contributed by atoms with E-state index in [4.69, 9.17) is 0 Å². The van der Waals surface area contributed by atoms with Crippen LogP contribution in [0.15, 0.2) is 36.4 Å². The molecule has 2 atom stereocenters. The SMILES string of the molecule is CCC(C)C(C)Nc1cccc2c(O)cccc12. The van der Waals surface area contributed by atoms with E-state index in [0.717, 1.165) is 22.9 Å². The second-order valence-electron chi connectivity index (χ2n) is 5.00. The zero-order valence-corrected chi connectivity index (χ0v) is 11.3. The summed E-state index contributed by atoms with van der Waals surface area (Å²) < 4.78 is 0. The lowest BCUT2D eigenvalue weighted by Crippen LogP contribution is -2.23. The Bertz CT molecular complexity index is 536. The highest BCUT2D eigenvalue weighted by molar-refractivity contribution is 5.97. The largest absolute Gasteiger partial charge is 0.507 e. The zero-order valence-electron chi connectivity index (χ0n) is 11.3. The quantitative estimate of drug-likeness (QED) is 0.834. The Morgan fingerprint density at radius 1 is 1.06 bits per heavy atom. The molecule has 18 heavy (non-hydrogen) atoms. The van der Waals surface area contributed by atoms with Gasteiger partial charge >= 0.3 is 0 Å². The van der Waals surface area contributed by atoms with Crippen LogP contribution in [0, 0.1) is 5.92 Å². The molecule has 2 N–H and O–H groups in total. The number of nitrogens with one attached hydrogen (secondary N) is 1. The second kappa shape index (κ2) is 5.30. The summed E-state index contributed by atoms with van der Waals surface area (Å²) in [5, 5.41) is 15.4. The number of fused-ring (bicyclic) bond motifs is 1. The van der Waals surface area contributed by atoms with Gasteiger partial charge in [0.05, 0.1) is 0 Å². The van der Waals surface area contributed by atoms with Gasteiger partial charge in [0, 0.05) is 22.5 Å². The normalized spacial score (nSPS) is 14.4. The van der Waals surface area contributed by atoms with Gasteiger partial charge in [0.25, 0.3) is 0 Å². The van der Waals surface area contributed by atoms with E-state index in [0.29, 0.717) is 17.7 Å². The van der Waals surface area contributed by atoms with Crippen molar-refractivity contribution >= 4 is 16.5 Å². The molecule has 0 aromatic heterocycles.